The van der Waals surface area contributed by atoms with Gasteiger partial charge in [-0.15, -0.1) is 0 Å². The molecule has 1 aliphatic heterocycles. The Bertz CT molecular complexity index is 515. The molecule has 4 N–H and O–H groups in total. The van der Waals surface area contributed by atoms with Crippen molar-refractivity contribution in [2.45, 2.75) is 12.5 Å². The largest absolute Gasteiger partial charge is 0.393 e. The Morgan fingerprint density at radius 2 is 2.13 bits per heavy atom. The molecule has 0 bridgehead atoms. The maximum Gasteiger partial charge on any atom is 0.329 e. The van der Waals surface area contributed by atoms with Gasteiger partial charge in [-0.05, 0) is 6.42 Å². The van der Waals surface area contributed by atoms with Crippen LogP contribution in [0.4, 0.5) is 5.69 Å². The van der Waals surface area contributed by atoms with Crippen molar-refractivity contribution in [1.82, 2.24) is 14.9 Å². The van der Waals surface area contributed by atoms with Gasteiger partial charge in [-0.1, -0.05) is 0 Å². The van der Waals surface area contributed by atoms with E-state index in [4.69, 9.17) is 5.73 Å². The third-order valence-electron chi connectivity index (χ3n) is 2.35. The fourth-order valence-corrected chi connectivity index (χ4v) is 1.58. The number of hydrogen-bond donors (Lipinski definition) is 3. The van der Waals surface area contributed by atoms with Crippen LogP contribution in [0.3, 0.4) is 0 Å². The van der Waals surface area contributed by atoms with Gasteiger partial charge in [0.2, 0.25) is 5.91 Å². The number of anilines is 1. The summed E-state index contributed by atoms with van der Waals surface area (Å²) in [7, 11) is 0. The molecule has 0 spiro atoms. The molecule has 7 nitrogen and oxygen atoms in total. The van der Waals surface area contributed by atoms with E-state index < -0.39 is 17.3 Å². The average molecular weight is 210 g/mol. The van der Waals surface area contributed by atoms with E-state index in [-0.39, 0.29) is 11.6 Å². The number of nitrogens with one attached hydrogen (secondary N) is 2. The van der Waals surface area contributed by atoms with Crippen molar-refractivity contribution in [2.75, 3.05) is 12.3 Å². The highest BCUT2D eigenvalue weighted by Crippen LogP contribution is 2.13. The minimum atomic E-state index is -0.630. The lowest BCUT2D eigenvalue weighted by atomic mass is 10.2. The molecule has 0 saturated carbocycles. The Labute approximate surface area is 83.9 Å². The van der Waals surface area contributed by atoms with E-state index in [2.05, 4.69) is 10.3 Å². The van der Waals surface area contributed by atoms with Crippen LogP contribution < -0.4 is 22.3 Å². The van der Waals surface area contributed by atoms with Gasteiger partial charge >= 0.3 is 5.69 Å². The molecular weight excluding hydrogens is 200 g/mol. The lowest BCUT2D eigenvalue weighted by Crippen LogP contribution is -2.35. The van der Waals surface area contributed by atoms with Crippen LogP contribution in [0, 0.1) is 0 Å². The fraction of sp³-hybridized carbons (Fsp3) is 0.375. The zero-order valence-electron chi connectivity index (χ0n) is 7.82. The molecule has 1 amide bonds. The predicted molar refractivity (Wildman–Crippen MR) is 52.4 cm³/mol. The first kappa shape index (κ1) is 9.50. The summed E-state index contributed by atoms with van der Waals surface area (Å²) in [5.74, 6) is -0.233. The normalized spacial score (nSPS) is 20.3. The third kappa shape index (κ3) is 1.51. The van der Waals surface area contributed by atoms with E-state index in [0.29, 0.717) is 13.0 Å². The number of nitrogen functional groups attached to an aromatic ring is 1. The number of rotatable bonds is 1. The number of aromatic nitrogens is 2. The van der Waals surface area contributed by atoms with Crippen molar-refractivity contribution in [1.29, 1.82) is 0 Å². The van der Waals surface area contributed by atoms with E-state index in [0.717, 1.165) is 4.57 Å². The summed E-state index contributed by atoms with van der Waals surface area (Å²) in [6.45, 7) is 0.523. The Kier molecular flexibility index (Phi) is 2.07. The molecule has 0 radical (unpaired) electrons. The van der Waals surface area contributed by atoms with Crippen LogP contribution >= 0.6 is 0 Å². The second-order valence-corrected chi connectivity index (χ2v) is 3.35. The van der Waals surface area contributed by atoms with Crippen LogP contribution in [-0.4, -0.2) is 22.0 Å². The number of amides is 1. The first-order valence-electron chi connectivity index (χ1n) is 4.48. The topological polar surface area (TPSA) is 110 Å². The summed E-state index contributed by atoms with van der Waals surface area (Å²) in [6.07, 6.45) is 1.72. The highest BCUT2D eigenvalue weighted by atomic mass is 16.2. The van der Waals surface area contributed by atoms with Crippen LogP contribution in [0.5, 0.6) is 0 Å². The number of hydrogen-bond acceptors (Lipinski definition) is 4. The molecule has 1 fully saturated rings. The van der Waals surface area contributed by atoms with Gasteiger partial charge in [-0.2, -0.15) is 0 Å². The molecule has 1 aromatic rings. The minimum absolute atomic E-state index is 0.0747. The lowest BCUT2D eigenvalue weighted by Gasteiger charge is -2.10. The maximum absolute atomic E-state index is 11.4. The van der Waals surface area contributed by atoms with Crippen LogP contribution in [-0.2, 0) is 4.79 Å². The maximum atomic E-state index is 11.4. The highest BCUT2D eigenvalue weighted by Gasteiger charge is 2.26. The van der Waals surface area contributed by atoms with Gasteiger partial charge < -0.3 is 11.1 Å². The second kappa shape index (κ2) is 3.26. The van der Waals surface area contributed by atoms with E-state index in [1.807, 2.05) is 0 Å². The van der Waals surface area contributed by atoms with Crippen LogP contribution in [0.25, 0.3) is 0 Å². The molecule has 0 aliphatic carbocycles. The molecule has 0 aromatic carbocycles. The molecule has 80 valence electrons. The van der Waals surface area contributed by atoms with Gasteiger partial charge in [-0.3, -0.25) is 19.1 Å². The molecule has 15 heavy (non-hydrogen) atoms. The van der Waals surface area contributed by atoms with E-state index >= 15 is 0 Å². The van der Waals surface area contributed by atoms with Crippen molar-refractivity contribution in [3.63, 3.8) is 0 Å². The number of carbonyl (C=O) groups is 1. The second-order valence-electron chi connectivity index (χ2n) is 3.35. The number of H-pyrrole nitrogens is 1. The Balaban J connectivity index is 2.53. The third-order valence-corrected chi connectivity index (χ3v) is 2.35. The molecule has 1 aromatic heterocycles. The van der Waals surface area contributed by atoms with Crippen LogP contribution in [0.2, 0.25) is 0 Å². The quantitative estimate of drug-likeness (QED) is 0.506. The first-order valence-corrected chi connectivity index (χ1v) is 4.48. The highest BCUT2D eigenvalue weighted by molar-refractivity contribution is 5.82. The van der Waals surface area contributed by atoms with E-state index in [9.17, 15) is 14.4 Å². The fourth-order valence-electron chi connectivity index (χ4n) is 1.58. The molecule has 2 heterocycles. The Morgan fingerprint density at radius 1 is 1.40 bits per heavy atom. The first-order chi connectivity index (χ1) is 7.09. The van der Waals surface area contributed by atoms with Gasteiger partial charge in [0.25, 0.3) is 5.56 Å². The molecule has 1 saturated heterocycles. The van der Waals surface area contributed by atoms with Gasteiger partial charge in [0, 0.05) is 12.7 Å². The smallest absolute Gasteiger partial charge is 0.329 e. The monoisotopic (exact) mass is 210 g/mol. The zero-order chi connectivity index (χ0) is 11.0. The van der Waals surface area contributed by atoms with Crippen molar-refractivity contribution in [3.05, 3.63) is 27.0 Å². The number of nitrogens with two attached hydrogens (primary N) is 1. The molecule has 1 aliphatic rings. The molecule has 2 rings (SSSR count). The SMILES string of the molecule is Nc1cn(C2CCNC2=O)c(=O)[nH]c1=O. The predicted octanol–water partition coefficient (Wildman–Crippen LogP) is -1.82. The number of carbonyl (C=O) groups excluding carboxylic acids is 1. The molecule has 1 atom stereocenters. The van der Waals surface area contributed by atoms with E-state index in [1.165, 1.54) is 6.20 Å². The molecular formula is C8H10N4O3. The summed E-state index contributed by atoms with van der Waals surface area (Å²) in [5, 5.41) is 2.60. The number of nitrogens with zero attached hydrogens (tertiary/aromatic N) is 1. The Morgan fingerprint density at radius 3 is 2.73 bits per heavy atom. The molecule has 1 unspecified atom stereocenters. The van der Waals surface area contributed by atoms with Crippen molar-refractivity contribution >= 4 is 11.6 Å². The lowest BCUT2D eigenvalue weighted by molar-refractivity contribution is -0.121. The van der Waals surface area contributed by atoms with Crippen molar-refractivity contribution in [2.24, 2.45) is 0 Å². The van der Waals surface area contributed by atoms with E-state index in [1.54, 1.807) is 0 Å². The summed E-state index contributed by atoms with van der Waals surface area (Å²) in [6, 6.07) is -0.573. The van der Waals surface area contributed by atoms with Gasteiger partial charge in [0.15, 0.2) is 0 Å². The van der Waals surface area contributed by atoms with Gasteiger partial charge in [0.05, 0.1) is 0 Å². The van der Waals surface area contributed by atoms with Crippen molar-refractivity contribution < 1.29 is 4.79 Å². The minimum Gasteiger partial charge on any atom is -0.393 e. The van der Waals surface area contributed by atoms with Crippen LogP contribution in [0.1, 0.15) is 12.5 Å². The van der Waals surface area contributed by atoms with Gasteiger partial charge in [-0.25, -0.2) is 4.79 Å². The van der Waals surface area contributed by atoms with Crippen molar-refractivity contribution in [3.8, 4) is 0 Å². The van der Waals surface area contributed by atoms with Crippen LogP contribution in [0.15, 0.2) is 15.8 Å². The summed E-state index contributed by atoms with van der Waals surface area (Å²) < 4.78 is 1.15. The zero-order valence-corrected chi connectivity index (χ0v) is 7.82. The van der Waals surface area contributed by atoms with Gasteiger partial charge in [0.1, 0.15) is 11.7 Å². The summed E-state index contributed by atoms with van der Waals surface area (Å²) in [5.41, 5.74) is 4.05. The average Bonchev–Trinajstić information content (AvgIpc) is 2.58. The Hall–Kier alpha value is -2.05. The summed E-state index contributed by atoms with van der Waals surface area (Å²) >= 11 is 0. The molecule has 7 heteroatoms. The standard InChI is InChI=1S/C8H10N4O3/c9-4-3-12(8(15)11-6(4)13)5-1-2-10-7(5)14/h3,5H,1-2,9H2,(H,10,14)(H,11,13,15). The summed E-state index contributed by atoms with van der Waals surface area (Å²) in [4.78, 5) is 35.8. The number of aromatic amines is 1.